The summed E-state index contributed by atoms with van der Waals surface area (Å²) < 4.78 is 56.5. The van der Waals surface area contributed by atoms with Gasteiger partial charge in [-0.15, -0.1) is 4.40 Å². The molecule has 5 rings (SSSR count). The maximum atomic E-state index is 14.8. The summed E-state index contributed by atoms with van der Waals surface area (Å²) in [5.41, 5.74) is 0.495. The third-order valence-electron chi connectivity index (χ3n) is 8.09. The summed E-state index contributed by atoms with van der Waals surface area (Å²) in [5.74, 6) is -3.16. The Morgan fingerprint density at radius 2 is 1.74 bits per heavy atom. The van der Waals surface area contributed by atoms with Crippen LogP contribution in [0.5, 0.6) is 0 Å². The Morgan fingerprint density at radius 3 is 2.41 bits per heavy atom. The van der Waals surface area contributed by atoms with E-state index in [-0.39, 0.29) is 45.4 Å². The normalized spacial score (nSPS) is 20.6. The molecule has 11 nitrogen and oxygen atoms in total. The van der Waals surface area contributed by atoms with Gasteiger partial charge in [0.25, 0.3) is 10.0 Å². The van der Waals surface area contributed by atoms with Crippen LogP contribution >= 0.6 is 0 Å². The van der Waals surface area contributed by atoms with Crippen molar-refractivity contribution in [1.29, 1.82) is 0 Å². The first-order valence-corrected chi connectivity index (χ1v) is 18.0. The van der Waals surface area contributed by atoms with E-state index in [4.69, 9.17) is 0 Å². The number of amidine groups is 1. The molecule has 2 atom stereocenters. The summed E-state index contributed by atoms with van der Waals surface area (Å²) in [6.45, 7) is 7.79. The molecule has 1 heterocycles. The molecule has 2 aliphatic rings. The van der Waals surface area contributed by atoms with Gasteiger partial charge in [-0.1, -0.05) is 63.2 Å². The Bertz CT molecular complexity index is 2010. The molecule has 242 valence electrons. The Kier molecular flexibility index (Phi) is 8.56. The monoisotopic (exact) mass is 664 g/mol. The second-order valence-electron chi connectivity index (χ2n) is 12.9. The van der Waals surface area contributed by atoms with Crippen LogP contribution in [0.15, 0.2) is 76.0 Å². The Hall–Kier alpha value is -4.20. The summed E-state index contributed by atoms with van der Waals surface area (Å²) >= 11 is 0. The molecule has 0 amide bonds. The highest BCUT2D eigenvalue weighted by Gasteiger charge is 2.54. The van der Waals surface area contributed by atoms with Crippen molar-refractivity contribution in [2.24, 2.45) is 15.7 Å². The van der Waals surface area contributed by atoms with Crippen molar-refractivity contribution in [2.75, 3.05) is 16.3 Å². The molecule has 1 aliphatic heterocycles. The number of anilines is 2. The van der Waals surface area contributed by atoms with E-state index in [1.54, 1.807) is 42.5 Å². The van der Waals surface area contributed by atoms with E-state index >= 15 is 0 Å². The minimum atomic E-state index is -4.45. The molecule has 3 N–H and O–H groups in total. The lowest BCUT2D eigenvalue weighted by Gasteiger charge is -2.43. The van der Waals surface area contributed by atoms with Gasteiger partial charge >= 0.3 is 0 Å². The summed E-state index contributed by atoms with van der Waals surface area (Å²) in [7, 11) is -8.14. The average molecular weight is 665 g/mol. The third-order valence-corrected chi connectivity index (χ3v) is 10.0. The van der Waals surface area contributed by atoms with Gasteiger partial charge in [-0.05, 0) is 60.6 Å². The van der Waals surface area contributed by atoms with Crippen LogP contribution in [-0.4, -0.2) is 46.3 Å². The molecule has 0 saturated heterocycles. The van der Waals surface area contributed by atoms with E-state index in [2.05, 4.69) is 19.8 Å². The molecule has 0 aromatic heterocycles. The fourth-order valence-electron chi connectivity index (χ4n) is 5.80. The predicted molar refractivity (Wildman–Crippen MR) is 176 cm³/mol. The van der Waals surface area contributed by atoms with Crippen LogP contribution in [0.2, 0.25) is 0 Å². The van der Waals surface area contributed by atoms with E-state index < -0.39 is 43.1 Å². The van der Waals surface area contributed by atoms with Gasteiger partial charge in [0.1, 0.15) is 22.2 Å². The summed E-state index contributed by atoms with van der Waals surface area (Å²) in [5, 5.41) is 6.34. The number of hydrogen-bond acceptors (Lipinski definition) is 9. The Labute approximate surface area is 269 Å². The molecule has 2 unspecified atom stereocenters. The van der Waals surface area contributed by atoms with Gasteiger partial charge in [0.2, 0.25) is 10.0 Å². The Morgan fingerprint density at radius 1 is 1.02 bits per heavy atom. The number of Topliss-reactive ketones (excluding diaryl/α,β-unsaturated/α-hetero) is 3. The number of rotatable bonds is 9. The fraction of sp³-hybridized carbons (Fsp3) is 0.333. The summed E-state index contributed by atoms with van der Waals surface area (Å²) in [6.07, 6.45) is 1.80. The van der Waals surface area contributed by atoms with Crippen LogP contribution in [0.3, 0.4) is 0 Å². The summed E-state index contributed by atoms with van der Waals surface area (Å²) in [6, 6.07) is 17.7. The molecule has 46 heavy (non-hydrogen) atoms. The minimum absolute atomic E-state index is 0.0169. The largest absolute Gasteiger partial charge is 0.341 e. The van der Waals surface area contributed by atoms with Crippen molar-refractivity contribution in [3.8, 4) is 0 Å². The zero-order valence-corrected chi connectivity index (χ0v) is 27.8. The lowest BCUT2D eigenvalue weighted by molar-refractivity contribution is -0.128. The molecule has 0 radical (unpaired) electrons. The standard InChI is InChI=1S/C33H36N4O7S2/c1-20(38)22-10-8-9-21(17-22)19-34-33(16-15-32(2,3)4)25-12-7-6-11-24(25)29(39)28(30(33)40)31-35-26-14-13-23(36-45(5,41)42)18-27(26)46(43,44)37-31/h6-14,17-18,28,34,36H,15-16,19H2,1-5H3,(H,35,37). The highest BCUT2D eigenvalue weighted by Crippen LogP contribution is 2.43. The molecule has 1 aliphatic carbocycles. The first kappa shape index (κ1) is 33.2. The average Bonchev–Trinajstić information content (AvgIpc) is 2.96. The zero-order chi connectivity index (χ0) is 33.7. The molecular weight excluding hydrogens is 629 g/mol. The van der Waals surface area contributed by atoms with Crippen LogP contribution in [-0.2, 0) is 36.9 Å². The van der Waals surface area contributed by atoms with Gasteiger partial charge in [0.05, 0.1) is 11.9 Å². The minimum Gasteiger partial charge on any atom is -0.341 e. The van der Waals surface area contributed by atoms with E-state index in [1.807, 2.05) is 26.8 Å². The topological polar surface area (TPSA) is 168 Å². The van der Waals surface area contributed by atoms with Gasteiger partial charge in [-0.3, -0.25) is 24.4 Å². The molecule has 13 heteroatoms. The van der Waals surface area contributed by atoms with Gasteiger partial charge in [-0.25, -0.2) is 8.42 Å². The first-order chi connectivity index (χ1) is 21.4. The predicted octanol–water partition coefficient (Wildman–Crippen LogP) is 4.67. The maximum absolute atomic E-state index is 14.8. The number of nitrogens with one attached hydrogen (secondary N) is 3. The van der Waals surface area contributed by atoms with Gasteiger partial charge in [0, 0.05) is 23.4 Å². The van der Waals surface area contributed by atoms with Crippen molar-refractivity contribution < 1.29 is 31.2 Å². The number of carbonyl (C=O) groups excluding carboxylic acids is 3. The molecule has 0 fully saturated rings. The molecule has 0 saturated carbocycles. The van der Waals surface area contributed by atoms with Crippen LogP contribution in [0.25, 0.3) is 0 Å². The van der Waals surface area contributed by atoms with Crippen LogP contribution in [0.1, 0.15) is 72.4 Å². The number of benzene rings is 3. The van der Waals surface area contributed by atoms with Crippen LogP contribution in [0, 0.1) is 11.3 Å². The lowest BCUT2D eigenvalue weighted by Crippen LogP contribution is -2.59. The molecular formula is C33H36N4O7S2. The Balaban J connectivity index is 1.62. The van der Waals surface area contributed by atoms with E-state index in [1.165, 1.54) is 19.1 Å². The van der Waals surface area contributed by atoms with E-state index in [0.29, 0.717) is 24.0 Å². The second kappa shape index (κ2) is 11.9. The van der Waals surface area contributed by atoms with Crippen molar-refractivity contribution in [2.45, 2.75) is 57.5 Å². The lowest BCUT2D eigenvalue weighted by atomic mass is 9.66. The highest BCUT2D eigenvalue weighted by molar-refractivity contribution is 7.92. The number of sulfonamides is 2. The molecule has 0 bridgehead atoms. The second-order valence-corrected chi connectivity index (χ2v) is 16.3. The number of ketones is 3. The SMILES string of the molecule is CC(=O)c1cccc(CNC2(CCC(C)(C)C)C(=O)C(C3=NS(=O)(=O)c4cc(NS(C)(=O)=O)ccc4N3)C(=O)c3ccccc32)c1. The smallest absolute Gasteiger partial charge is 0.286 e. The zero-order valence-electron chi connectivity index (χ0n) is 26.2. The number of fused-ring (bicyclic) bond motifs is 2. The quantitative estimate of drug-likeness (QED) is 0.218. The van der Waals surface area contributed by atoms with Crippen molar-refractivity contribution >= 4 is 54.6 Å². The van der Waals surface area contributed by atoms with Gasteiger partial charge in [0.15, 0.2) is 17.3 Å². The maximum Gasteiger partial charge on any atom is 0.286 e. The number of carbonyl (C=O) groups is 3. The molecule has 0 spiro atoms. The van der Waals surface area contributed by atoms with Gasteiger partial charge in [-0.2, -0.15) is 8.42 Å². The fourth-order valence-corrected chi connectivity index (χ4v) is 7.53. The van der Waals surface area contributed by atoms with Crippen LogP contribution in [0.4, 0.5) is 11.4 Å². The third kappa shape index (κ3) is 6.67. The van der Waals surface area contributed by atoms with E-state index in [0.717, 1.165) is 17.9 Å². The van der Waals surface area contributed by atoms with Crippen molar-refractivity contribution in [1.82, 2.24) is 5.32 Å². The molecule has 3 aromatic rings. The molecule has 3 aromatic carbocycles. The highest BCUT2D eigenvalue weighted by atomic mass is 32.2. The van der Waals surface area contributed by atoms with Crippen molar-refractivity contribution in [3.05, 3.63) is 89.0 Å². The summed E-state index contributed by atoms with van der Waals surface area (Å²) in [4.78, 5) is 40.7. The number of hydrogen-bond donors (Lipinski definition) is 3. The van der Waals surface area contributed by atoms with Crippen molar-refractivity contribution in [3.63, 3.8) is 0 Å². The van der Waals surface area contributed by atoms with Gasteiger partial charge < -0.3 is 5.32 Å². The van der Waals surface area contributed by atoms with Crippen LogP contribution < -0.4 is 15.4 Å². The first-order valence-electron chi connectivity index (χ1n) is 14.7. The number of nitrogens with zero attached hydrogens (tertiary/aromatic N) is 1. The van der Waals surface area contributed by atoms with E-state index in [9.17, 15) is 31.2 Å².